The Morgan fingerprint density at radius 2 is 2.33 bits per heavy atom. The lowest BCUT2D eigenvalue weighted by Crippen LogP contribution is -1.94. The largest absolute Gasteiger partial charge is 0.492 e. The number of anilines is 1. The molecular weight excluding hydrogens is 232 g/mol. The molecule has 1 aromatic carbocycles. The van der Waals surface area contributed by atoms with Gasteiger partial charge >= 0.3 is 0 Å². The lowest BCUT2D eigenvalue weighted by molar-refractivity contribution is 0.321. The van der Waals surface area contributed by atoms with Gasteiger partial charge in [-0.25, -0.2) is 4.98 Å². The lowest BCUT2D eigenvalue weighted by atomic mass is 10.3. The van der Waals surface area contributed by atoms with E-state index in [1.54, 1.807) is 6.07 Å². The number of nitrogen functional groups attached to an aromatic ring is 1. The van der Waals surface area contributed by atoms with Crippen molar-refractivity contribution in [2.45, 2.75) is 13.3 Å². The van der Waals surface area contributed by atoms with Gasteiger partial charge in [-0.1, -0.05) is 29.9 Å². The molecule has 0 saturated carbocycles. The maximum Gasteiger partial charge on any atom is 0.181 e. The number of ether oxygens (including phenoxy) is 1. The summed E-state index contributed by atoms with van der Waals surface area (Å²) in [6.07, 6.45) is 0.971. The van der Waals surface area contributed by atoms with Gasteiger partial charge in [0.15, 0.2) is 5.13 Å². The number of rotatable bonds is 3. The Kier molecular flexibility index (Phi) is 2.98. The molecule has 80 valence electrons. The first kappa shape index (κ1) is 10.5. The number of aromatic nitrogens is 1. The van der Waals surface area contributed by atoms with E-state index in [0.717, 1.165) is 22.4 Å². The molecule has 15 heavy (non-hydrogen) atoms. The smallest absolute Gasteiger partial charge is 0.181 e. The van der Waals surface area contributed by atoms with Gasteiger partial charge < -0.3 is 10.5 Å². The molecule has 2 rings (SSSR count). The Hall–Kier alpha value is -1.00. The molecule has 0 aliphatic heterocycles. The minimum atomic E-state index is 0.513. The van der Waals surface area contributed by atoms with Crippen molar-refractivity contribution in [1.29, 1.82) is 0 Å². The summed E-state index contributed by atoms with van der Waals surface area (Å²) in [5, 5.41) is 1.13. The molecule has 0 saturated heterocycles. The average molecular weight is 243 g/mol. The van der Waals surface area contributed by atoms with Crippen LogP contribution in [0.15, 0.2) is 12.1 Å². The third-order valence-corrected chi connectivity index (χ3v) is 3.14. The number of hydrogen-bond acceptors (Lipinski definition) is 4. The predicted octanol–water partition coefficient (Wildman–Crippen LogP) is 3.32. The number of hydrogen-bond donors (Lipinski definition) is 1. The van der Waals surface area contributed by atoms with Crippen LogP contribution in [-0.2, 0) is 0 Å². The summed E-state index contributed by atoms with van der Waals surface area (Å²) in [6, 6.07) is 3.64. The zero-order valence-corrected chi connectivity index (χ0v) is 9.86. The van der Waals surface area contributed by atoms with Crippen LogP contribution in [0.1, 0.15) is 13.3 Å². The van der Waals surface area contributed by atoms with Crippen molar-refractivity contribution in [2.24, 2.45) is 0 Å². The standard InChI is InChI=1S/C10H11ClN2OS/c1-2-5-14-7-4-3-6(11)8-9(7)15-10(12)13-8/h3-4H,2,5H2,1H3,(H2,12,13). The van der Waals surface area contributed by atoms with E-state index >= 15 is 0 Å². The van der Waals surface area contributed by atoms with Crippen molar-refractivity contribution in [3.8, 4) is 5.75 Å². The van der Waals surface area contributed by atoms with Crippen LogP contribution >= 0.6 is 22.9 Å². The summed E-state index contributed by atoms with van der Waals surface area (Å²) < 4.78 is 6.52. The SMILES string of the molecule is CCCOc1ccc(Cl)c2nc(N)sc12. The Bertz CT molecular complexity index is 483. The van der Waals surface area contributed by atoms with Crippen LogP contribution in [0, 0.1) is 0 Å². The molecule has 1 aromatic heterocycles. The van der Waals surface area contributed by atoms with Gasteiger partial charge in [0.25, 0.3) is 0 Å². The van der Waals surface area contributed by atoms with E-state index in [2.05, 4.69) is 11.9 Å². The highest BCUT2D eigenvalue weighted by molar-refractivity contribution is 7.22. The average Bonchev–Trinajstić information content (AvgIpc) is 2.60. The van der Waals surface area contributed by atoms with Gasteiger partial charge in [0.2, 0.25) is 0 Å². The van der Waals surface area contributed by atoms with E-state index < -0.39 is 0 Å². The van der Waals surface area contributed by atoms with Crippen molar-refractivity contribution >= 4 is 38.3 Å². The van der Waals surface area contributed by atoms with Crippen LogP contribution in [0.5, 0.6) is 5.75 Å². The topological polar surface area (TPSA) is 48.1 Å². The molecule has 0 atom stereocenters. The van der Waals surface area contributed by atoms with Crippen molar-refractivity contribution in [2.75, 3.05) is 12.3 Å². The van der Waals surface area contributed by atoms with Crippen LogP contribution in [0.3, 0.4) is 0 Å². The maximum atomic E-state index is 6.01. The molecule has 2 aromatic rings. The Labute approximate surface area is 96.8 Å². The maximum absolute atomic E-state index is 6.01. The summed E-state index contributed by atoms with van der Waals surface area (Å²) >= 11 is 7.41. The molecule has 0 aliphatic rings. The summed E-state index contributed by atoms with van der Waals surface area (Å²) in [7, 11) is 0. The fraction of sp³-hybridized carbons (Fsp3) is 0.300. The lowest BCUT2D eigenvalue weighted by Gasteiger charge is -2.05. The Morgan fingerprint density at radius 3 is 3.07 bits per heavy atom. The van der Waals surface area contributed by atoms with E-state index in [0.29, 0.717) is 16.8 Å². The summed E-state index contributed by atoms with van der Waals surface area (Å²) in [6.45, 7) is 2.75. The van der Waals surface area contributed by atoms with Gasteiger partial charge in [0.1, 0.15) is 11.3 Å². The molecule has 5 heteroatoms. The normalized spacial score (nSPS) is 10.8. The second-order valence-corrected chi connectivity index (χ2v) is 4.56. The first-order chi connectivity index (χ1) is 7.22. The zero-order chi connectivity index (χ0) is 10.8. The van der Waals surface area contributed by atoms with Crippen molar-refractivity contribution in [3.63, 3.8) is 0 Å². The molecule has 0 unspecified atom stereocenters. The molecule has 0 bridgehead atoms. The highest BCUT2D eigenvalue weighted by atomic mass is 35.5. The number of fused-ring (bicyclic) bond motifs is 1. The molecule has 3 nitrogen and oxygen atoms in total. The Morgan fingerprint density at radius 1 is 1.53 bits per heavy atom. The van der Waals surface area contributed by atoms with E-state index in [4.69, 9.17) is 22.1 Å². The fourth-order valence-electron chi connectivity index (χ4n) is 1.29. The number of nitrogens with two attached hydrogens (primary N) is 1. The van der Waals surface area contributed by atoms with Gasteiger partial charge in [-0.3, -0.25) is 0 Å². The molecule has 0 fully saturated rings. The molecular formula is C10H11ClN2OS. The minimum absolute atomic E-state index is 0.513. The highest BCUT2D eigenvalue weighted by Gasteiger charge is 2.10. The fourth-order valence-corrected chi connectivity index (χ4v) is 2.38. The van der Waals surface area contributed by atoms with Crippen molar-refractivity contribution in [1.82, 2.24) is 4.98 Å². The van der Waals surface area contributed by atoms with E-state index in [9.17, 15) is 0 Å². The van der Waals surface area contributed by atoms with Gasteiger partial charge in [0.05, 0.1) is 16.3 Å². The number of benzene rings is 1. The molecule has 2 N–H and O–H groups in total. The third-order valence-electron chi connectivity index (χ3n) is 1.94. The third kappa shape index (κ3) is 2.01. The monoisotopic (exact) mass is 242 g/mol. The van der Waals surface area contributed by atoms with Crippen molar-refractivity contribution < 1.29 is 4.74 Å². The van der Waals surface area contributed by atoms with E-state index in [1.807, 2.05) is 6.07 Å². The van der Waals surface area contributed by atoms with Crippen LogP contribution in [0.4, 0.5) is 5.13 Å². The van der Waals surface area contributed by atoms with E-state index in [1.165, 1.54) is 11.3 Å². The minimum Gasteiger partial charge on any atom is -0.492 e. The summed E-state index contributed by atoms with van der Waals surface area (Å²) in [5.41, 5.74) is 6.38. The summed E-state index contributed by atoms with van der Waals surface area (Å²) in [5.74, 6) is 0.811. The van der Waals surface area contributed by atoms with Crippen LogP contribution in [-0.4, -0.2) is 11.6 Å². The van der Waals surface area contributed by atoms with Gasteiger partial charge in [-0.05, 0) is 18.6 Å². The molecule has 0 aliphatic carbocycles. The van der Waals surface area contributed by atoms with Gasteiger partial charge in [-0.2, -0.15) is 0 Å². The first-order valence-corrected chi connectivity index (χ1v) is 5.89. The highest BCUT2D eigenvalue weighted by Crippen LogP contribution is 2.36. The van der Waals surface area contributed by atoms with Crippen LogP contribution < -0.4 is 10.5 Å². The van der Waals surface area contributed by atoms with Crippen LogP contribution in [0.2, 0.25) is 5.02 Å². The summed E-state index contributed by atoms with van der Waals surface area (Å²) in [4.78, 5) is 4.17. The second kappa shape index (κ2) is 4.24. The first-order valence-electron chi connectivity index (χ1n) is 4.69. The number of halogens is 1. The zero-order valence-electron chi connectivity index (χ0n) is 8.29. The quantitative estimate of drug-likeness (QED) is 0.898. The van der Waals surface area contributed by atoms with Gasteiger partial charge in [0, 0.05) is 0 Å². The number of nitrogens with zero attached hydrogens (tertiary/aromatic N) is 1. The Balaban J connectivity index is 2.50. The molecule has 0 spiro atoms. The van der Waals surface area contributed by atoms with Gasteiger partial charge in [-0.15, -0.1) is 0 Å². The molecule has 1 heterocycles. The molecule has 0 radical (unpaired) electrons. The number of thiazole rings is 1. The van der Waals surface area contributed by atoms with Crippen LogP contribution in [0.25, 0.3) is 10.2 Å². The van der Waals surface area contributed by atoms with Crippen molar-refractivity contribution in [3.05, 3.63) is 17.2 Å². The predicted molar refractivity (Wildman–Crippen MR) is 64.8 cm³/mol. The molecule has 0 amide bonds. The second-order valence-electron chi connectivity index (χ2n) is 3.12. The van der Waals surface area contributed by atoms with E-state index in [-0.39, 0.29) is 0 Å².